The lowest BCUT2D eigenvalue weighted by atomic mass is 9.90. The summed E-state index contributed by atoms with van der Waals surface area (Å²) in [6.07, 6.45) is 6.00. The van der Waals surface area contributed by atoms with Crippen LogP contribution in [0.4, 0.5) is 5.69 Å². The molecule has 2 unspecified atom stereocenters. The Hall–Kier alpha value is -1.09. The fourth-order valence-electron chi connectivity index (χ4n) is 3.29. The van der Waals surface area contributed by atoms with Crippen LogP contribution in [0.5, 0.6) is 0 Å². The van der Waals surface area contributed by atoms with Crippen LogP contribution in [0.3, 0.4) is 0 Å². The lowest BCUT2D eigenvalue weighted by Gasteiger charge is -2.47. The Bertz CT molecular complexity index is 438. The van der Waals surface area contributed by atoms with Gasteiger partial charge in [0, 0.05) is 30.4 Å². The Kier molecular flexibility index (Phi) is 3.25. The molecule has 0 bridgehead atoms. The Morgan fingerprint density at radius 2 is 2.21 bits per heavy atom. The number of aryl methyl sites for hydroxylation is 1. The van der Waals surface area contributed by atoms with Crippen LogP contribution in [0.1, 0.15) is 38.8 Å². The maximum atomic E-state index is 4.47. The van der Waals surface area contributed by atoms with Gasteiger partial charge in [0.25, 0.3) is 0 Å². The van der Waals surface area contributed by atoms with E-state index < -0.39 is 0 Å². The number of hydrogen-bond donors (Lipinski definition) is 1. The molecule has 2 atom stereocenters. The first-order chi connectivity index (χ1) is 9.12. The second kappa shape index (κ2) is 4.78. The van der Waals surface area contributed by atoms with E-state index in [4.69, 9.17) is 0 Å². The van der Waals surface area contributed by atoms with E-state index in [9.17, 15) is 0 Å². The van der Waals surface area contributed by atoms with Gasteiger partial charge in [0.05, 0.1) is 11.9 Å². The van der Waals surface area contributed by atoms with Gasteiger partial charge in [-0.1, -0.05) is 6.92 Å². The summed E-state index contributed by atoms with van der Waals surface area (Å²) >= 11 is 0. The first-order valence-electron chi connectivity index (χ1n) is 7.57. The maximum absolute atomic E-state index is 4.47. The van der Waals surface area contributed by atoms with E-state index in [0.717, 1.165) is 24.7 Å². The van der Waals surface area contributed by atoms with Crippen LogP contribution in [0, 0.1) is 12.8 Å². The first-order valence-corrected chi connectivity index (χ1v) is 7.57. The number of anilines is 1. The number of rotatable bonds is 3. The van der Waals surface area contributed by atoms with Crippen LogP contribution in [0.15, 0.2) is 18.3 Å². The van der Waals surface area contributed by atoms with Gasteiger partial charge >= 0.3 is 0 Å². The molecule has 2 heterocycles. The van der Waals surface area contributed by atoms with Gasteiger partial charge in [0.2, 0.25) is 0 Å². The van der Waals surface area contributed by atoms with Crippen molar-refractivity contribution in [2.75, 3.05) is 18.0 Å². The van der Waals surface area contributed by atoms with Crippen LogP contribution in [0.2, 0.25) is 0 Å². The molecule has 1 saturated heterocycles. The number of hydrogen-bond acceptors (Lipinski definition) is 3. The smallest absolute Gasteiger partial charge is 0.0556 e. The van der Waals surface area contributed by atoms with Crippen molar-refractivity contribution in [3.8, 4) is 0 Å². The van der Waals surface area contributed by atoms with Gasteiger partial charge in [-0.05, 0) is 51.2 Å². The molecular formula is C16H25N3. The maximum Gasteiger partial charge on any atom is 0.0556 e. The highest BCUT2D eigenvalue weighted by Gasteiger charge is 2.45. The highest BCUT2D eigenvalue weighted by molar-refractivity contribution is 5.47. The Labute approximate surface area is 116 Å². The van der Waals surface area contributed by atoms with Crippen molar-refractivity contribution in [2.45, 2.75) is 51.6 Å². The number of aromatic nitrogens is 1. The predicted molar refractivity (Wildman–Crippen MR) is 79.5 cm³/mol. The SMILES string of the molecule is CCC1CNC(C)(C2CC2)CN1c1ccc(C)nc1. The van der Waals surface area contributed by atoms with Gasteiger partial charge in [0.15, 0.2) is 0 Å². The molecule has 1 aliphatic carbocycles. The van der Waals surface area contributed by atoms with E-state index in [2.05, 4.69) is 41.2 Å². The molecule has 0 aromatic carbocycles. The lowest BCUT2D eigenvalue weighted by molar-refractivity contribution is 0.252. The normalized spacial score (nSPS) is 31.5. The highest BCUT2D eigenvalue weighted by atomic mass is 15.3. The molecule has 3 nitrogen and oxygen atoms in total. The zero-order valence-electron chi connectivity index (χ0n) is 12.3. The van der Waals surface area contributed by atoms with E-state index in [1.807, 2.05) is 13.1 Å². The fraction of sp³-hybridized carbons (Fsp3) is 0.688. The van der Waals surface area contributed by atoms with Gasteiger partial charge in [-0.15, -0.1) is 0 Å². The Morgan fingerprint density at radius 3 is 2.79 bits per heavy atom. The quantitative estimate of drug-likeness (QED) is 0.904. The van der Waals surface area contributed by atoms with E-state index in [1.54, 1.807) is 0 Å². The second-order valence-electron chi connectivity index (χ2n) is 6.42. The van der Waals surface area contributed by atoms with E-state index in [1.165, 1.54) is 24.9 Å². The average molecular weight is 259 g/mol. The van der Waals surface area contributed by atoms with Crippen molar-refractivity contribution >= 4 is 5.69 Å². The number of nitrogens with zero attached hydrogens (tertiary/aromatic N) is 2. The third-order valence-electron chi connectivity index (χ3n) is 4.86. The molecule has 2 aliphatic rings. The lowest BCUT2D eigenvalue weighted by Crippen LogP contribution is -2.64. The molecule has 1 N–H and O–H groups in total. The molecule has 104 valence electrons. The monoisotopic (exact) mass is 259 g/mol. The van der Waals surface area contributed by atoms with E-state index in [-0.39, 0.29) is 5.54 Å². The molecule has 19 heavy (non-hydrogen) atoms. The standard InChI is InChI=1S/C16H25N3/c1-4-14-10-18-16(3,13-6-7-13)11-19(14)15-8-5-12(2)17-9-15/h5,8-9,13-14,18H,4,6-7,10-11H2,1-3H3. The van der Waals surface area contributed by atoms with E-state index in [0.29, 0.717) is 6.04 Å². The molecule has 2 fully saturated rings. The van der Waals surface area contributed by atoms with Crippen LogP contribution < -0.4 is 10.2 Å². The van der Waals surface area contributed by atoms with E-state index >= 15 is 0 Å². The summed E-state index contributed by atoms with van der Waals surface area (Å²) in [5.74, 6) is 0.867. The van der Waals surface area contributed by atoms with Crippen molar-refractivity contribution in [1.29, 1.82) is 0 Å². The number of piperazine rings is 1. The molecule has 1 aromatic rings. The van der Waals surface area contributed by atoms with Crippen molar-refractivity contribution in [3.05, 3.63) is 24.0 Å². The van der Waals surface area contributed by atoms with Crippen molar-refractivity contribution in [3.63, 3.8) is 0 Å². The minimum Gasteiger partial charge on any atom is -0.364 e. The Balaban J connectivity index is 1.84. The summed E-state index contributed by atoms with van der Waals surface area (Å²) in [6.45, 7) is 8.93. The summed E-state index contributed by atoms with van der Waals surface area (Å²) in [6, 6.07) is 4.94. The minimum absolute atomic E-state index is 0.288. The molecule has 1 aliphatic heterocycles. The molecule has 0 amide bonds. The molecule has 3 heteroatoms. The summed E-state index contributed by atoms with van der Waals surface area (Å²) < 4.78 is 0. The fourth-order valence-corrected chi connectivity index (χ4v) is 3.29. The van der Waals surface area contributed by atoms with Gasteiger partial charge in [-0.2, -0.15) is 0 Å². The molecule has 3 rings (SSSR count). The first kappa shape index (κ1) is 12.9. The molecule has 1 saturated carbocycles. The number of pyridine rings is 1. The molecule has 0 spiro atoms. The summed E-state index contributed by atoms with van der Waals surface area (Å²) in [7, 11) is 0. The van der Waals surface area contributed by atoms with Crippen molar-refractivity contribution < 1.29 is 0 Å². The van der Waals surface area contributed by atoms with Gasteiger partial charge in [-0.25, -0.2) is 0 Å². The van der Waals surface area contributed by atoms with Crippen LogP contribution >= 0.6 is 0 Å². The van der Waals surface area contributed by atoms with Crippen LogP contribution in [0.25, 0.3) is 0 Å². The van der Waals surface area contributed by atoms with Crippen LogP contribution in [-0.2, 0) is 0 Å². The minimum atomic E-state index is 0.288. The zero-order chi connectivity index (χ0) is 13.5. The largest absolute Gasteiger partial charge is 0.364 e. The molecular weight excluding hydrogens is 234 g/mol. The second-order valence-corrected chi connectivity index (χ2v) is 6.42. The third kappa shape index (κ3) is 2.48. The summed E-state index contributed by atoms with van der Waals surface area (Å²) in [4.78, 5) is 7.04. The zero-order valence-corrected chi connectivity index (χ0v) is 12.3. The highest BCUT2D eigenvalue weighted by Crippen LogP contribution is 2.42. The Morgan fingerprint density at radius 1 is 1.42 bits per heavy atom. The van der Waals surface area contributed by atoms with Gasteiger partial charge < -0.3 is 10.2 Å². The summed E-state index contributed by atoms with van der Waals surface area (Å²) in [5, 5.41) is 3.81. The van der Waals surface area contributed by atoms with Crippen molar-refractivity contribution in [2.24, 2.45) is 5.92 Å². The average Bonchev–Trinajstić information content (AvgIpc) is 3.24. The van der Waals surface area contributed by atoms with Gasteiger partial charge in [0.1, 0.15) is 0 Å². The summed E-state index contributed by atoms with van der Waals surface area (Å²) in [5.41, 5.74) is 2.67. The number of nitrogens with one attached hydrogen (secondary N) is 1. The van der Waals surface area contributed by atoms with Crippen LogP contribution in [-0.4, -0.2) is 29.7 Å². The third-order valence-corrected chi connectivity index (χ3v) is 4.86. The van der Waals surface area contributed by atoms with Gasteiger partial charge in [-0.3, -0.25) is 4.98 Å². The molecule has 1 aromatic heterocycles. The topological polar surface area (TPSA) is 28.2 Å². The molecule has 0 radical (unpaired) electrons. The predicted octanol–water partition coefficient (Wildman–Crippen LogP) is 2.75. The van der Waals surface area contributed by atoms with Crippen molar-refractivity contribution in [1.82, 2.24) is 10.3 Å².